The van der Waals surface area contributed by atoms with E-state index in [9.17, 15) is 18.8 Å². The Morgan fingerprint density at radius 1 is 1.43 bits per heavy atom. The zero-order chi connectivity index (χ0) is 16.8. The first-order chi connectivity index (χ1) is 11.0. The predicted molar refractivity (Wildman–Crippen MR) is 84.3 cm³/mol. The van der Waals surface area contributed by atoms with Gasteiger partial charge in [0.1, 0.15) is 6.04 Å². The number of nitrogens with zero attached hydrogens (tertiary/aromatic N) is 4. The third-order valence-corrected chi connectivity index (χ3v) is 4.75. The fraction of sp³-hybridized carbons (Fsp3) is 0.600. The standard InChI is InChI=1S/C15H20F2N4OS/c1-19(10-14(16)17)11-15(22)21-6-4-20(5-7-21)12(9-18)13-3-2-8-23-13/h2-3,8,12,14H,4-7,10-11H2,1H3/t12-/m1/s1. The summed E-state index contributed by atoms with van der Waals surface area (Å²) in [4.78, 5) is 18.2. The molecule has 0 saturated carbocycles. The maximum atomic E-state index is 12.3. The van der Waals surface area contributed by atoms with Crippen molar-refractivity contribution < 1.29 is 13.6 Å². The Kier molecular flexibility index (Phi) is 6.45. The van der Waals surface area contributed by atoms with Crippen LogP contribution in [-0.4, -0.2) is 73.3 Å². The number of thiophene rings is 1. The second-order valence-corrected chi connectivity index (χ2v) is 6.53. The minimum Gasteiger partial charge on any atom is -0.339 e. The molecule has 126 valence electrons. The number of nitriles is 1. The summed E-state index contributed by atoms with van der Waals surface area (Å²) in [5.41, 5.74) is 0. The Morgan fingerprint density at radius 2 is 2.13 bits per heavy atom. The molecule has 1 aromatic heterocycles. The minimum absolute atomic E-state index is 0.00303. The molecule has 1 saturated heterocycles. The molecular formula is C15H20F2N4OS. The topological polar surface area (TPSA) is 50.6 Å². The number of halogens is 2. The number of hydrogen-bond donors (Lipinski definition) is 0. The average Bonchev–Trinajstić information content (AvgIpc) is 3.02. The summed E-state index contributed by atoms with van der Waals surface area (Å²) in [7, 11) is 1.52. The highest BCUT2D eigenvalue weighted by Crippen LogP contribution is 2.25. The van der Waals surface area contributed by atoms with Crippen molar-refractivity contribution in [2.75, 3.05) is 46.3 Å². The Bertz CT molecular complexity index is 538. The molecule has 0 N–H and O–H groups in total. The van der Waals surface area contributed by atoms with Gasteiger partial charge in [-0.05, 0) is 18.5 Å². The van der Waals surface area contributed by atoms with Gasteiger partial charge in [0.05, 0.1) is 19.2 Å². The molecule has 0 radical (unpaired) electrons. The zero-order valence-corrected chi connectivity index (χ0v) is 13.8. The van der Waals surface area contributed by atoms with Gasteiger partial charge in [-0.15, -0.1) is 11.3 Å². The van der Waals surface area contributed by atoms with Gasteiger partial charge in [-0.25, -0.2) is 8.78 Å². The van der Waals surface area contributed by atoms with E-state index in [2.05, 4.69) is 11.0 Å². The van der Waals surface area contributed by atoms with E-state index in [1.807, 2.05) is 17.5 Å². The van der Waals surface area contributed by atoms with Crippen LogP contribution >= 0.6 is 11.3 Å². The summed E-state index contributed by atoms with van der Waals surface area (Å²) in [5.74, 6) is -0.141. The Morgan fingerprint density at radius 3 is 2.65 bits per heavy atom. The lowest BCUT2D eigenvalue weighted by Crippen LogP contribution is -2.51. The van der Waals surface area contributed by atoms with Crippen LogP contribution in [0.2, 0.25) is 0 Å². The molecule has 1 aliphatic heterocycles. The lowest BCUT2D eigenvalue weighted by molar-refractivity contribution is -0.134. The summed E-state index contributed by atoms with van der Waals surface area (Å²) in [5, 5.41) is 11.3. The van der Waals surface area contributed by atoms with Crippen molar-refractivity contribution in [1.29, 1.82) is 5.26 Å². The first-order valence-corrected chi connectivity index (χ1v) is 8.30. The van der Waals surface area contributed by atoms with Crippen LogP contribution < -0.4 is 0 Å². The third kappa shape index (κ3) is 4.96. The van der Waals surface area contributed by atoms with Crippen LogP contribution in [0.5, 0.6) is 0 Å². The average molecular weight is 342 g/mol. The number of likely N-dealkylation sites (N-methyl/N-ethyl adjacent to an activating group) is 1. The van der Waals surface area contributed by atoms with Crippen LogP contribution in [0.1, 0.15) is 10.9 Å². The molecule has 2 heterocycles. The number of amides is 1. The Hall–Kier alpha value is -1.56. The highest BCUT2D eigenvalue weighted by molar-refractivity contribution is 7.10. The number of carbonyl (C=O) groups is 1. The van der Waals surface area contributed by atoms with Crippen LogP contribution in [0.4, 0.5) is 8.78 Å². The third-order valence-electron chi connectivity index (χ3n) is 3.82. The molecule has 1 fully saturated rings. The number of hydrogen-bond acceptors (Lipinski definition) is 5. The number of rotatable bonds is 6. The minimum atomic E-state index is -2.44. The summed E-state index contributed by atoms with van der Waals surface area (Å²) >= 11 is 1.55. The molecule has 0 aliphatic carbocycles. The monoisotopic (exact) mass is 342 g/mol. The van der Waals surface area contributed by atoms with Gasteiger partial charge < -0.3 is 4.90 Å². The second-order valence-electron chi connectivity index (χ2n) is 5.55. The van der Waals surface area contributed by atoms with Gasteiger partial charge in [0.2, 0.25) is 5.91 Å². The van der Waals surface area contributed by atoms with Crippen LogP contribution in [0.25, 0.3) is 0 Å². The molecule has 1 amide bonds. The van der Waals surface area contributed by atoms with E-state index in [0.29, 0.717) is 26.2 Å². The number of alkyl halides is 2. The van der Waals surface area contributed by atoms with Crippen molar-refractivity contribution >= 4 is 17.2 Å². The lowest BCUT2D eigenvalue weighted by atomic mass is 10.2. The molecule has 0 spiro atoms. The van der Waals surface area contributed by atoms with E-state index in [1.165, 1.54) is 11.9 Å². The van der Waals surface area contributed by atoms with Gasteiger partial charge in [0.15, 0.2) is 0 Å². The summed E-state index contributed by atoms with van der Waals surface area (Å²) in [6.07, 6.45) is -2.44. The number of carbonyl (C=O) groups excluding carboxylic acids is 1. The van der Waals surface area contributed by atoms with Crippen molar-refractivity contribution in [1.82, 2.24) is 14.7 Å². The predicted octanol–water partition coefficient (Wildman–Crippen LogP) is 1.65. The van der Waals surface area contributed by atoms with Gasteiger partial charge in [-0.1, -0.05) is 6.07 Å². The molecular weight excluding hydrogens is 322 g/mol. The fourth-order valence-corrected chi connectivity index (χ4v) is 3.43. The molecule has 1 atom stereocenters. The molecule has 1 aliphatic rings. The van der Waals surface area contributed by atoms with Gasteiger partial charge in [0, 0.05) is 31.1 Å². The smallest absolute Gasteiger partial charge is 0.251 e. The molecule has 1 aromatic rings. The van der Waals surface area contributed by atoms with Gasteiger partial charge in [-0.2, -0.15) is 5.26 Å². The van der Waals surface area contributed by atoms with Crippen molar-refractivity contribution in [3.8, 4) is 6.07 Å². The van der Waals surface area contributed by atoms with Gasteiger partial charge in [0.25, 0.3) is 6.43 Å². The van der Waals surface area contributed by atoms with Crippen molar-refractivity contribution in [3.63, 3.8) is 0 Å². The highest BCUT2D eigenvalue weighted by atomic mass is 32.1. The quantitative estimate of drug-likeness (QED) is 0.789. The van der Waals surface area contributed by atoms with Crippen LogP contribution in [-0.2, 0) is 4.79 Å². The van der Waals surface area contributed by atoms with Crippen LogP contribution in [0.3, 0.4) is 0 Å². The van der Waals surface area contributed by atoms with Crippen molar-refractivity contribution in [2.45, 2.75) is 12.5 Å². The highest BCUT2D eigenvalue weighted by Gasteiger charge is 2.28. The van der Waals surface area contributed by atoms with E-state index in [4.69, 9.17) is 0 Å². The lowest BCUT2D eigenvalue weighted by Gasteiger charge is -2.37. The van der Waals surface area contributed by atoms with Crippen molar-refractivity contribution in [3.05, 3.63) is 22.4 Å². The summed E-state index contributed by atoms with van der Waals surface area (Å²) in [6.45, 7) is 1.86. The van der Waals surface area contributed by atoms with E-state index in [1.54, 1.807) is 16.2 Å². The maximum Gasteiger partial charge on any atom is 0.251 e. The van der Waals surface area contributed by atoms with E-state index >= 15 is 0 Å². The normalized spacial score (nSPS) is 17.5. The molecule has 0 bridgehead atoms. The van der Waals surface area contributed by atoms with Gasteiger partial charge >= 0.3 is 0 Å². The first-order valence-electron chi connectivity index (χ1n) is 7.42. The molecule has 5 nitrogen and oxygen atoms in total. The largest absolute Gasteiger partial charge is 0.339 e. The fourth-order valence-electron chi connectivity index (χ4n) is 2.63. The van der Waals surface area contributed by atoms with Crippen molar-refractivity contribution in [2.24, 2.45) is 0 Å². The molecule has 0 unspecified atom stereocenters. The van der Waals surface area contributed by atoms with Gasteiger partial charge in [-0.3, -0.25) is 14.6 Å². The summed E-state index contributed by atoms with van der Waals surface area (Å²) in [6, 6.07) is 5.89. The van der Waals surface area contributed by atoms with E-state index < -0.39 is 13.0 Å². The zero-order valence-electron chi connectivity index (χ0n) is 13.0. The van der Waals surface area contributed by atoms with E-state index in [0.717, 1.165) is 4.88 Å². The maximum absolute atomic E-state index is 12.3. The summed E-state index contributed by atoms with van der Waals surface area (Å²) < 4.78 is 24.6. The second kappa shape index (κ2) is 8.34. The molecule has 0 aromatic carbocycles. The Labute approximate surface area is 138 Å². The first kappa shape index (κ1) is 17.8. The SMILES string of the molecule is CN(CC(=O)N1CCN([C@H](C#N)c2cccs2)CC1)CC(F)F. The van der Waals surface area contributed by atoms with Crippen LogP contribution in [0, 0.1) is 11.3 Å². The van der Waals surface area contributed by atoms with Crippen LogP contribution in [0.15, 0.2) is 17.5 Å². The number of piperazine rings is 1. The molecule has 2 rings (SSSR count). The molecule has 23 heavy (non-hydrogen) atoms. The molecule has 8 heteroatoms. The van der Waals surface area contributed by atoms with E-state index in [-0.39, 0.29) is 18.5 Å². The Balaban J connectivity index is 1.83.